The summed E-state index contributed by atoms with van der Waals surface area (Å²) in [5.74, 6) is 0.851. The van der Waals surface area contributed by atoms with Gasteiger partial charge in [-0.1, -0.05) is 32.6 Å². The zero-order valence-electron chi connectivity index (χ0n) is 9.67. The number of nitriles is 1. The van der Waals surface area contributed by atoms with Crippen LogP contribution in [0.3, 0.4) is 0 Å². The Hall–Kier alpha value is -0.160. The van der Waals surface area contributed by atoms with Gasteiger partial charge in [0, 0.05) is 5.25 Å². The van der Waals surface area contributed by atoms with Crippen LogP contribution in [0.4, 0.5) is 0 Å². The van der Waals surface area contributed by atoms with E-state index < -0.39 is 0 Å². The molecule has 0 spiro atoms. The van der Waals surface area contributed by atoms with Crippen molar-refractivity contribution in [3.8, 4) is 6.07 Å². The van der Waals surface area contributed by atoms with Crippen LogP contribution >= 0.6 is 11.8 Å². The van der Waals surface area contributed by atoms with Gasteiger partial charge in [-0.05, 0) is 31.6 Å². The van der Waals surface area contributed by atoms with Crippen molar-refractivity contribution in [3.63, 3.8) is 0 Å². The quantitative estimate of drug-likeness (QED) is 0.715. The third kappa shape index (κ3) is 2.50. The van der Waals surface area contributed by atoms with Gasteiger partial charge < -0.3 is 0 Å². The second-order valence-electron chi connectivity index (χ2n) is 5.19. The van der Waals surface area contributed by atoms with Crippen LogP contribution in [0.5, 0.6) is 0 Å². The molecule has 0 heterocycles. The molecule has 1 nitrogen and oxygen atoms in total. The summed E-state index contributed by atoms with van der Waals surface area (Å²) in [7, 11) is 0. The summed E-state index contributed by atoms with van der Waals surface area (Å²) in [5.41, 5.74) is 0. The van der Waals surface area contributed by atoms with Crippen LogP contribution in [-0.2, 0) is 0 Å². The van der Waals surface area contributed by atoms with E-state index in [0.29, 0.717) is 0 Å². The summed E-state index contributed by atoms with van der Waals surface area (Å²) in [5, 5.41) is 10.1. The fourth-order valence-electron chi connectivity index (χ4n) is 3.02. The van der Waals surface area contributed by atoms with Crippen molar-refractivity contribution in [1.29, 1.82) is 5.26 Å². The molecule has 2 heteroatoms. The van der Waals surface area contributed by atoms with E-state index in [1.807, 2.05) is 11.8 Å². The van der Waals surface area contributed by atoms with Crippen molar-refractivity contribution in [2.75, 3.05) is 0 Å². The van der Waals surface area contributed by atoms with E-state index in [0.717, 1.165) is 11.2 Å². The normalized spacial score (nSPS) is 36.1. The monoisotopic (exact) mass is 223 g/mol. The molecule has 2 fully saturated rings. The average Bonchev–Trinajstić information content (AvgIpc) is 2.67. The molecule has 2 saturated carbocycles. The first-order valence-electron chi connectivity index (χ1n) is 6.37. The van der Waals surface area contributed by atoms with E-state index in [4.69, 9.17) is 0 Å². The highest BCUT2D eigenvalue weighted by atomic mass is 32.2. The molecule has 0 N–H and O–H groups in total. The Morgan fingerprint density at radius 3 is 2.53 bits per heavy atom. The summed E-state index contributed by atoms with van der Waals surface area (Å²) in [6.07, 6.45) is 10.4. The van der Waals surface area contributed by atoms with Gasteiger partial charge in [-0.25, -0.2) is 0 Å². The number of nitrogens with zero attached hydrogens (tertiary/aromatic N) is 1. The molecule has 2 aliphatic rings. The van der Waals surface area contributed by atoms with Gasteiger partial charge in [0.2, 0.25) is 0 Å². The molecule has 0 aromatic heterocycles. The molecule has 15 heavy (non-hydrogen) atoms. The molecule has 0 aliphatic heterocycles. The number of hydrogen-bond acceptors (Lipinski definition) is 2. The van der Waals surface area contributed by atoms with Gasteiger partial charge >= 0.3 is 0 Å². The number of hydrogen-bond donors (Lipinski definition) is 0. The first kappa shape index (κ1) is 11.3. The lowest BCUT2D eigenvalue weighted by Crippen LogP contribution is -2.40. The van der Waals surface area contributed by atoms with Crippen molar-refractivity contribution in [2.45, 2.75) is 68.3 Å². The van der Waals surface area contributed by atoms with E-state index in [1.165, 1.54) is 51.4 Å². The molecule has 2 rings (SSSR count). The van der Waals surface area contributed by atoms with Crippen molar-refractivity contribution in [2.24, 2.45) is 5.92 Å². The second kappa shape index (κ2) is 4.78. The summed E-state index contributed by atoms with van der Waals surface area (Å²) in [6.45, 7) is 2.25. The lowest BCUT2D eigenvalue weighted by Gasteiger charge is -2.43. The zero-order chi connectivity index (χ0) is 10.7. The number of thioether (sulfide) groups is 1. The van der Waals surface area contributed by atoms with E-state index in [9.17, 15) is 5.26 Å². The first-order valence-corrected chi connectivity index (χ1v) is 7.25. The summed E-state index contributed by atoms with van der Waals surface area (Å²) < 4.78 is 0.0227. The molecule has 2 aliphatic carbocycles. The van der Waals surface area contributed by atoms with E-state index >= 15 is 0 Å². The maximum atomic E-state index is 9.31. The Kier molecular flexibility index (Phi) is 3.61. The Morgan fingerprint density at radius 2 is 2.00 bits per heavy atom. The molecular formula is C13H21NS. The van der Waals surface area contributed by atoms with Gasteiger partial charge in [-0.2, -0.15) is 5.26 Å². The van der Waals surface area contributed by atoms with Crippen LogP contribution in [0.15, 0.2) is 0 Å². The van der Waals surface area contributed by atoms with E-state index in [1.54, 1.807) is 0 Å². The molecule has 0 aromatic rings. The minimum atomic E-state index is 0.0227. The Balaban J connectivity index is 1.81. The predicted octanol–water partition coefficient (Wildman–Crippen LogP) is 4.13. The van der Waals surface area contributed by atoms with Gasteiger partial charge in [0.1, 0.15) is 4.75 Å². The zero-order valence-corrected chi connectivity index (χ0v) is 10.5. The SMILES string of the molecule is CCCC1CC(C#N)(SC2CCCC2)C1. The summed E-state index contributed by atoms with van der Waals surface area (Å²) in [6, 6.07) is 2.59. The summed E-state index contributed by atoms with van der Waals surface area (Å²) >= 11 is 2.01. The van der Waals surface area contributed by atoms with Gasteiger partial charge in [-0.3, -0.25) is 0 Å². The average molecular weight is 223 g/mol. The molecule has 0 atom stereocenters. The predicted molar refractivity (Wildman–Crippen MR) is 65.8 cm³/mol. The van der Waals surface area contributed by atoms with Crippen molar-refractivity contribution in [3.05, 3.63) is 0 Å². The van der Waals surface area contributed by atoms with Crippen LogP contribution in [0.2, 0.25) is 0 Å². The third-order valence-electron chi connectivity index (χ3n) is 3.83. The lowest BCUT2D eigenvalue weighted by molar-refractivity contribution is 0.258. The Bertz CT molecular complexity index is 244. The van der Waals surface area contributed by atoms with Crippen molar-refractivity contribution in [1.82, 2.24) is 0 Å². The molecule has 0 aromatic carbocycles. The largest absolute Gasteiger partial charge is 0.197 e. The molecule has 0 amide bonds. The van der Waals surface area contributed by atoms with Gasteiger partial charge in [-0.15, -0.1) is 11.8 Å². The van der Waals surface area contributed by atoms with Crippen LogP contribution in [0.25, 0.3) is 0 Å². The van der Waals surface area contributed by atoms with Crippen LogP contribution < -0.4 is 0 Å². The first-order chi connectivity index (χ1) is 7.28. The minimum absolute atomic E-state index is 0.0227. The highest BCUT2D eigenvalue weighted by Gasteiger charge is 2.46. The van der Waals surface area contributed by atoms with Crippen molar-refractivity contribution >= 4 is 11.8 Å². The third-order valence-corrected chi connectivity index (χ3v) is 5.51. The standard InChI is InChI=1S/C13H21NS/c1-2-5-11-8-13(9-11,10-14)15-12-6-3-4-7-12/h11-12H,2-9H2,1H3. The molecule has 0 unspecified atom stereocenters. The molecule has 84 valence electrons. The van der Waals surface area contributed by atoms with E-state index in [-0.39, 0.29) is 4.75 Å². The fraction of sp³-hybridized carbons (Fsp3) is 0.923. The van der Waals surface area contributed by atoms with Gasteiger partial charge in [0.25, 0.3) is 0 Å². The second-order valence-corrected chi connectivity index (χ2v) is 6.88. The van der Waals surface area contributed by atoms with Crippen LogP contribution in [0, 0.1) is 17.2 Å². The Morgan fingerprint density at radius 1 is 1.33 bits per heavy atom. The van der Waals surface area contributed by atoms with Crippen molar-refractivity contribution < 1.29 is 0 Å². The molecular weight excluding hydrogens is 202 g/mol. The van der Waals surface area contributed by atoms with Gasteiger partial charge in [0.05, 0.1) is 6.07 Å². The minimum Gasteiger partial charge on any atom is -0.197 e. The molecule has 0 radical (unpaired) electrons. The van der Waals surface area contributed by atoms with Crippen LogP contribution in [0.1, 0.15) is 58.3 Å². The lowest BCUT2D eigenvalue weighted by atomic mass is 9.73. The Labute approximate surface area is 97.6 Å². The molecule has 0 saturated heterocycles. The van der Waals surface area contributed by atoms with E-state index in [2.05, 4.69) is 13.0 Å². The topological polar surface area (TPSA) is 23.8 Å². The van der Waals surface area contributed by atoms with Crippen LogP contribution in [-0.4, -0.2) is 10.00 Å². The maximum absolute atomic E-state index is 9.31. The fourth-order valence-corrected chi connectivity index (χ4v) is 4.95. The maximum Gasteiger partial charge on any atom is 0.103 e. The highest BCUT2D eigenvalue weighted by molar-refractivity contribution is 8.01. The highest BCUT2D eigenvalue weighted by Crippen LogP contribution is 2.52. The molecule has 0 bridgehead atoms. The number of rotatable bonds is 4. The van der Waals surface area contributed by atoms with Gasteiger partial charge in [0.15, 0.2) is 0 Å². The smallest absolute Gasteiger partial charge is 0.103 e. The summed E-state index contributed by atoms with van der Waals surface area (Å²) in [4.78, 5) is 0.